The Morgan fingerprint density at radius 1 is 1.00 bits per heavy atom. The van der Waals surface area contributed by atoms with Crippen LogP contribution in [0.2, 0.25) is 0 Å². The van der Waals surface area contributed by atoms with Crippen LogP contribution in [-0.4, -0.2) is 22.3 Å². The van der Waals surface area contributed by atoms with E-state index < -0.39 is 27.1 Å². The topological polar surface area (TPSA) is 115 Å². The quantitative estimate of drug-likeness (QED) is 0.646. The summed E-state index contributed by atoms with van der Waals surface area (Å²) in [6.45, 7) is 2.29. The van der Waals surface area contributed by atoms with Crippen LogP contribution in [0.4, 0.5) is 11.4 Å². The minimum absolute atomic E-state index is 0.111. The number of amides is 1. The number of nitrogens with one attached hydrogen (secondary N) is 1. The van der Waals surface area contributed by atoms with Crippen molar-refractivity contribution in [1.29, 1.82) is 0 Å². The van der Waals surface area contributed by atoms with Gasteiger partial charge in [0, 0.05) is 18.7 Å². The van der Waals surface area contributed by atoms with Gasteiger partial charge in [-0.15, -0.1) is 0 Å². The summed E-state index contributed by atoms with van der Waals surface area (Å²) < 4.78 is 0. The van der Waals surface area contributed by atoms with Crippen LogP contribution in [0.15, 0.2) is 42.5 Å². The average molecular weight is 329 g/mol. The molecule has 2 rings (SSSR count). The van der Waals surface area contributed by atoms with E-state index in [0.717, 1.165) is 29.3 Å². The monoisotopic (exact) mass is 329 g/mol. The summed E-state index contributed by atoms with van der Waals surface area (Å²) in [7, 11) is 0. The summed E-state index contributed by atoms with van der Waals surface area (Å²) >= 11 is 0. The van der Waals surface area contributed by atoms with Crippen LogP contribution in [-0.2, 0) is 6.42 Å². The zero-order chi connectivity index (χ0) is 17.7. The third-order valence-corrected chi connectivity index (χ3v) is 3.41. The number of carbonyl (C=O) groups is 1. The SMILES string of the molecule is Cc1ccc(CCNC(=O)c2cc([N+](=O)[O-])cc([N+](=O)[O-])c2)cc1. The smallest absolute Gasteiger partial charge is 0.277 e. The van der Waals surface area contributed by atoms with E-state index in [1.54, 1.807) is 0 Å². The maximum Gasteiger partial charge on any atom is 0.277 e. The van der Waals surface area contributed by atoms with E-state index in [-0.39, 0.29) is 5.56 Å². The van der Waals surface area contributed by atoms with Gasteiger partial charge in [0.1, 0.15) is 0 Å². The fourth-order valence-electron chi connectivity index (χ4n) is 2.11. The Kier molecular flexibility index (Phi) is 5.20. The zero-order valence-corrected chi connectivity index (χ0v) is 12.9. The second-order valence-electron chi connectivity index (χ2n) is 5.24. The maximum atomic E-state index is 12.1. The predicted octanol–water partition coefficient (Wildman–Crippen LogP) is 2.78. The second-order valence-corrected chi connectivity index (χ2v) is 5.24. The standard InChI is InChI=1S/C16H15N3O5/c1-11-2-4-12(5-3-11)6-7-17-16(20)13-8-14(18(21)22)10-15(9-13)19(23)24/h2-5,8-10H,6-7H2,1H3,(H,17,20). The highest BCUT2D eigenvalue weighted by atomic mass is 16.6. The lowest BCUT2D eigenvalue weighted by Gasteiger charge is -2.06. The van der Waals surface area contributed by atoms with Crippen molar-refractivity contribution < 1.29 is 14.6 Å². The van der Waals surface area contributed by atoms with Crippen molar-refractivity contribution in [3.8, 4) is 0 Å². The first kappa shape index (κ1) is 17.1. The predicted molar refractivity (Wildman–Crippen MR) is 87.0 cm³/mol. The van der Waals surface area contributed by atoms with Gasteiger partial charge in [0.2, 0.25) is 0 Å². The number of benzene rings is 2. The lowest BCUT2D eigenvalue weighted by molar-refractivity contribution is -0.394. The average Bonchev–Trinajstić information content (AvgIpc) is 2.56. The van der Waals surface area contributed by atoms with E-state index in [2.05, 4.69) is 5.32 Å². The number of nitrogens with zero attached hydrogens (tertiary/aromatic N) is 2. The summed E-state index contributed by atoms with van der Waals surface area (Å²) in [5.41, 5.74) is 1.07. The minimum Gasteiger partial charge on any atom is -0.352 e. The number of nitro groups is 2. The highest BCUT2D eigenvalue weighted by Gasteiger charge is 2.19. The van der Waals surface area contributed by atoms with Crippen molar-refractivity contribution in [3.05, 3.63) is 79.4 Å². The molecule has 0 fully saturated rings. The molecule has 0 aliphatic rings. The molecule has 2 aromatic rings. The van der Waals surface area contributed by atoms with E-state index in [1.807, 2.05) is 31.2 Å². The van der Waals surface area contributed by atoms with Gasteiger partial charge in [-0.25, -0.2) is 0 Å². The molecule has 0 spiro atoms. The Labute approximate surface area is 137 Å². The molecule has 8 nitrogen and oxygen atoms in total. The lowest BCUT2D eigenvalue weighted by atomic mass is 10.1. The zero-order valence-electron chi connectivity index (χ0n) is 12.9. The van der Waals surface area contributed by atoms with Crippen molar-refractivity contribution in [3.63, 3.8) is 0 Å². The third kappa shape index (κ3) is 4.35. The molecule has 8 heteroatoms. The molecular weight excluding hydrogens is 314 g/mol. The summed E-state index contributed by atoms with van der Waals surface area (Å²) in [5, 5.41) is 24.3. The first-order chi connectivity index (χ1) is 11.4. The van der Waals surface area contributed by atoms with E-state index in [1.165, 1.54) is 0 Å². The first-order valence-electron chi connectivity index (χ1n) is 7.14. The number of rotatable bonds is 6. The molecule has 0 aliphatic carbocycles. The Morgan fingerprint density at radius 3 is 2.04 bits per heavy atom. The van der Waals surface area contributed by atoms with E-state index in [9.17, 15) is 25.0 Å². The summed E-state index contributed by atoms with van der Waals surface area (Å²) in [6.07, 6.45) is 0.586. The maximum absolute atomic E-state index is 12.1. The molecule has 0 bridgehead atoms. The van der Waals surface area contributed by atoms with Gasteiger partial charge in [-0.1, -0.05) is 29.8 Å². The van der Waals surface area contributed by atoms with Crippen LogP contribution in [0, 0.1) is 27.2 Å². The lowest BCUT2D eigenvalue weighted by Crippen LogP contribution is -2.25. The Bertz CT molecular complexity index is 755. The summed E-state index contributed by atoms with van der Waals surface area (Å²) in [5.74, 6) is -0.589. The fraction of sp³-hybridized carbons (Fsp3) is 0.188. The molecular formula is C16H15N3O5. The van der Waals surface area contributed by atoms with Gasteiger partial charge >= 0.3 is 0 Å². The highest BCUT2D eigenvalue weighted by molar-refractivity contribution is 5.95. The van der Waals surface area contributed by atoms with Gasteiger partial charge in [0.25, 0.3) is 17.3 Å². The molecule has 0 aliphatic heterocycles. The number of hydrogen-bond acceptors (Lipinski definition) is 5. The van der Waals surface area contributed by atoms with E-state index in [0.29, 0.717) is 13.0 Å². The number of nitro benzene ring substituents is 2. The Balaban J connectivity index is 2.07. The molecule has 0 heterocycles. The fourth-order valence-corrected chi connectivity index (χ4v) is 2.11. The highest BCUT2D eigenvalue weighted by Crippen LogP contribution is 2.22. The van der Waals surface area contributed by atoms with E-state index >= 15 is 0 Å². The molecule has 124 valence electrons. The molecule has 24 heavy (non-hydrogen) atoms. The van der Waals surface area contributed by atoms with Crippen LogP contribution >= 0.6 is 0 Å². The van der Waals surface area contributed by atoms with Crippen molar-refractivity contribution in [1.82, 2.24) is 5.32 Å². The second kappa shape index (κ2) is 7.32. The molecule has 0 unspecified atom stereocenters. The molecule has 0 radical (unpaired) electrons. The van der Waals surface area contributed by atoms with E-state index in [4.69, 9.17) is 0 Å². The van der Waals surface area contributed by atoms with Gasteiger partial charge in [0.15, 0.2) is 0 Å². The van der Waals surface area contributed by atoms with Crippen LogP contribution in [0.1, 0.15) is 21.5 Å². The van der Waals surface area contributed by atoms with Crippen molar-refractivity contribution in [2.45, 2.75) is 13.3 Å². The number of aryl methyl sites for hydroxylation is 1. The number of carbonyl (C=O) groups excluding carboxylic acids is 1. The Morgan fingerprint density at radius 2 is 1.54 bits per heavy atom. The van der Waals surface area contributed by atoms with Gasteiger partial charge in [-0.2, -0.15) is 0 Å². The molecule has 2 aromatic carbocycles. The minimum atomic E-state index is -0.768. The van der Waals surface area contributed by atoms with Gasteiger partial charge in [-0.05, 0) is 18.9 Å². The molecule has 0 atom stereocenters. The number of hydrogen-bond donors (Lipinski definition) is 1. The molecule has 0 saturated carbocycles. The third-order valence-electron chi connectivity index (χ3n) is 3.41. The van der Waals surface area contributed by atoms with Gasteiger partial charge < -0.3 is 5.32 Å². The van der Waals surface area contributed by atoms with Gasteiger partial charge in [0.05, 0.1) is 21.5 Å². The van der Waals surface area contributed by atoms with Crippen LogP contribution in [0.5, 0.6) is 0 Å². The van der Waals surface area contributed by atoms with Gasteiger partial charge in [-0.3, -0.25) is 25.0 Å². The largest absolute Gasteiger partial charge is 0.352 e. The Hall–Kier alpha value is -3.29. The van der Waals surface area contributed by atoms with Crippen molar-refractivity contribution in [2.75, 3.05) is 6.54 Å². The molecule has 1 amide bonds. The molecule has 0 aromatic heterocycles. The molecule has 1 N–H and O–H groups in total. The summed E-state index contributed by atoms with van der Waals surface area (Å²) in [6, 6.07) is 10.7. The summed E-state index contributed by atoms with van der Waals surface area (Å²) in [4.78, 5) is 32.2. The normalized spacial score (nSPS) is 10.2. The van der Waals surface area contributed by atoms with Crippen LogP contribution < -0.4 is 5.32 Å². The first-order valence-corrected chi connectivity index (χ1v) is 7.14. The van der Waals surface area contributed by atoms with Crippen molar-refractivity contribution in [2.24, 2.45) is 0 Å². The van der Waals surface area contributed by atoms with Crippen molar-refractivity contribution >= 4 is 17.3 Å². The van der Waals surface area contributed by atoms with Crippen LogP contribution in [0.3, 0.4) is 0 Å². The van der Waals surface area contributed by atoms with Crippen LogP contribution in [0.25, 0.3) is 0 Å². The molecule has 0 saturated heterocycles. The number of non-ortho nitro benzene ring substituents is 2.